The van der Waals surface area contributed by atoms with E-state index in [4.69, 9.17) is 0 Å². The smallest absolute Gasteiger partial charge is 0.224 e. The first-order chi connectivity index (χ1) is 9.25. The number of halogens is 1. The average Bonchev–Trinajstić information content (AvgIpc) is 2.94. The molecule has 0 bridgehead atoms. The monoisotopic (exact) mass is 282 g/mol. The van der Waals surface area contributed by atoms with Crippen molar-refractivity contribution in [3.8, 4) is 0 Å². The van der Waals surface area contributed by atoms with E-state index in [0.29, 0.717) is 6.54 Å². The number of carbonyl (C=O) groups excluding carboxylic acids is 1. The molecule has 0 saturated carbocycles. The minimum atomic E-state index is -0.207. The van der Waals surface area contributed by atoms with Gasteiger partial charge in [-0.15, -0.1) is 11.8 Å². The van der Waals surface area contributed by atoms with E-state index >= 15 is 0 Å². The van der Waals surface area contributed by atoms with Crippen LogP contribution in [-0.2, 0) is 4.79 Å². The van der Waals surface area contributed by atoms with Crippen LogP contribution in [0.15, 0.2) is 29.2 Å². The van der Waals surface area contributed by atoms with Gasteiger partial charge in [-0.05, 0) is 49.4 Å². The maximum Gasteiger partial charge on any atom is 0.224 e. The predicted molar refractivity (Wildman–Crippen MR) is 75.7 cm³/mol. The summed E-state index contributed by atoms with van der Waals surface area (Å²) in [5.74, 6) is 1.03. The molecule has 2 N–H and O–H groups in total. The van der Waals surface area contributed by atoms with Crippen LogP contribution in [0.3, 0.4) is 0 Å². The molecule has 0 spiro atoms. The maximum absolute atomic E-state index is 12.7. The molecule has 1 fully saturated rings. The number of nitrogens with one attached hydrogen (secondary N) is 2. The highest BCUT2D eigenvalue weighted by molar-refractivity contribution is 7.99. The van der Waals surface area contributed by atoms with Crippen molar-refractivity contribution in [2.24, 2.45) is 5.92 Å². The lowest BCUT2D eigenvalue weighted by molar-refractivity contribution is -0.124. The van der Waals surface area contributed by atoms with E-state index in [1.807, 2.05) is 0 Å². The van der Waals surface area contributed by atoms with Crippen molar-refractivity contribution >= 4 is 17.7 Å². The Balaban J connectivity index is 1.56. The molecule has 2 rings (SSSR count). The van der Waals surface area contributed by atoms with Crippen LogP contribution in [0.2, 0.25) is 0 Å². The van der Waals surface area contributed by atoms with E-state index in [0.717, 1.165) is 36.6 Å². The van der Waals surface area contributed by atoms with Gasteiger partial charge in [0, 0.05) is 18.0 Å². The molecule has 1 aromatic carbocycles. The predicted octanol–water partition coefficient (Wildman–Crippen LogP) is 2.03. The fraction of sp³-hybridized carbons (Fsp3) is 0.500. The van der Waals surface area contributed by atoms with Crippen LogP contribution < -0.4 is 10.6 Å². The molecule has 5 heteroatoms. The highest BCUT2D eigenvalue weighted by Gasteiger charge is 2.21. The minimum Gasteiger partial charge on any atom is -0.356 e. The van der Waals surface area contributed by atoms with E-state index in [1.54, 1.807) is 23.9 Å². The molecule has 1 unspecified atom stereocenters. The molecule has 1 saturated heterocycles. The van der Waals surface area contributed by atoms with Crippen molar-refractivity contribution in [2.45, 2.75) is 17.7 Å². The summed E-state index contributed by atoms with van der Waals surface area (Å²) in [5, 5.41) is 6.15. The zero-order valence-corrected chi connectivity index (χ0v) is 11.6. The summed E-state index contributed by atoms with van der Waals surface area (Å²) >= 11 is 1.68. The number of hydrogen-bond acceptors (Lipinski definition) is 3. The van der Waals surface area contributed by atoms with Crippen LogP contribution in [0.4, 0.5) is 4.39 Å². The Morgan fingerprint density at radius 3 is 2.89 bits per heavy atom. The Labute approximate surface area is 117 Å². The summed E-state index contributed by atoms with van der Waals surface area (Å²) in [4.78, 5) is 12.8. The van der Waals surface area contributed by atoms with Gasteiger partial charge in [-0.25, -0.2) is 4.39 Å². The quantitative estimate of drug-likeness (QED) is 0.619. The van der Waals surface area contributed by atoms with Gasteiger partial charge >= 0.3 is 0 Å². The summed E-state index contributed by atoms with van der Waals surface area (Å²) in [7, 11) is 0. The molecule has 1 aliphatic rings. The standard InChI is InChI=1S/C14H19FN2OS/c15-12-2-4-13(5-3-12)19-9-1-7-17-14(18)11-6-8-16-10-11/h2-5,11,16H,1,6-10H2,(H,17,18). The lowest BCUT2D eigenvalue weighted by Crippen LogP contribution is -2.32. The zero-order valence-electron chi connectivity index (χ0n) is 10.8. The number of benzene rings is 1. The number of carbonyl (C=O) groups is 1. The summed E-state index contributed by atoms with van der Waals surface area (Å²) in [5.41, 5.74) is 0. The Morgan fingerprint density at radius 1 is 1.42 bits per heavy atom. The first-order valence-electron chi connectivity index (χ1n) is 6.62. The first-order valence-corrected chi connectivity index (χ1v) is 7.61. The molecule has 1 atom stereocenters. The molecule has 1 aromatic rings. The van der Waals surface area contributed by atoms with Crippen molar-refractivity contribution < 1.29 is 9.18 Å². The third-order valence-corrected chi connectivity index (χ3v) is 4.23. The second-order valence-electron chi connectivity index (χ2n) is 4.64. The largest absolute Gasteiger partial charge is 0.356 e. The van der Waals surface area contributed by atoms with Gasteiger partial charge in [0.2, 0.25) is 5.91 Å². The average molecular weight is 282 g/mol. The SMILES string of the molecule is O=C(NCCCSc1ccc(F)cc1)C1CCNC1. The van der Waals surface area contributed by atoms with Crippen LogP contribution in [0, 0.1) is 11.7 Å². The van der Waals surface area contributed by atoms with Crippen molar-refractivity contribution in [3.05, 3.63) is 30.1 Å². The van der Waals surface area contributed by atoms with Crippen LogP contribution >= 0.6 is 11.8 Å². The van der Waals surface area contributed by atoms with Gasteiger partial charge in [-0.2, -0.15) is 0 Å². The molecule has 19 heavy (non-hydrogen) atoms. The Hall–Kier alpha value is -1.07. The van der Waals surface area contributed by atoms with E-state index in [1.165, 1.54) is 12.1 Å². The molecule has 1 heterocycles. The summed E-state index contributed by atoms with van der Waals surface area (Å²) in [6.45, 7) is 2.46. The van der Waals surface area contributed by atoms with Gasteiger partial charge in [0.25, 0.3) is 0 Å². The van der Waals surface area contributed by atoms with Crippen molar-refractivity contribution in [3.63, 3.8) is 0 Å². The Bertz CT molecular complexity index is 404. The molecule has 1 aliphatic heterocycles. The molecular formula is C14H19FN2OS. The summed E-state index contributed by atoms with van der Waals surface area (Å²) in [6.07, 6.45) is 1.87. The van der Waals surface area contributed by atoms with Gasteiger partial charge < -0.3 is 10.6 Å². The Morgan fingerprint density at radius 2 is 2.21 bits per heavy atom. The minimum absolute atomic E-state index is 0.143. The van der Waals surface area contributed by atoms with Gasteiger partial charge in [-0.3, -0.25) is 4.79 Å². The zero-order chi connectivity index (χ0) is 13.5. The van der Waals surface area contributed by atoms with E-state index in [-0.39, 0.29) is 17.6 Å². The third kappa shape index (κ3) is 4.84. The van der Waals surface area contributed by atoms with Crippen LogP contribution in [0.5, 0.6) is 0 Å². The fourth-order valence-electron chi connectivity index (χ4n) is 2.03. The topological polar surface area (TPSA) is 41.1 Å². The van der Waals surface area contributed by atoms with Gasteiger partial charge in [0.1, 0.15) is 5.82 Å². The van der Waals surface area contributed by atoms with Crippen LogP contribution in [0.25, 0.3) is 0 Å². The second-order valence-corrected chi connectivity index (χ2v) is 5.81. The molecular weight excluding hydrogens is 263 g/mol. The highest BCUT2D eigenvalue weighted by atomic mass is 32.2. The van der Waals surface area contributed by atoms with E-state index in [2.05, 4.69) is 10.6 Å². The number of rotatable bonds is 6. The normalized spacial score (nSPS) is 18.5. The number of thioether (sulfide) groups is 1. The molecule has 0 radical (unpaired) electrons. The first kappa shape index (κ1) is 14.3. The molecule has 0 aliphatic carbocycles. The third-order valence-electron chi connectivity index (χ3n) is 3.13. The van der Waals surface area contributed by atoms with Crippen molar-refractivity contribution in [1.82, 2.24) is 10.6 Å². The highest BCUT2D eigenvalue weighted by Crippen LogP contribution is 2.18. The van der Waals surface area contributed by atoms with Crippen molar-refractivity contribution in [2.75, 3.05) is 25.4 Å². The van der Waals surface area contributed by atoms with E-state index in [9.17, 15) is 9.18 Å². The van der Waals surface area contributed by atoms with Crippen LogP contribution in [-0.4, -0.2) is 31.3 Å². The number of hydrogen-bond donors (Lipinski definition) is 2. The fourth-order valence-corrected chi connectivity index (χ4v) is 2.88. The Kier molecular flexibility index (Phi) is 5.66. The summed E-state index contributed by atoms with van der Waals surface area (Å²) < 4.78 is 12.7. The lowest BCUT2D eigenvalue weighted by atomic mass is 10.1. The van der Waals surface area contributed by atoms with Gasteiger partial charge in [-0.1, -0.05) is 0 Å². The van der Waals surface area contributed by atoms with E-state index < -0.39 is 0 Å². The van der Waals surface area contributed by atoms with Crippen LogP contribution in [0.1, 0.15) is 12.8 Å². The summed E-state index contributed by atoms with van der Waals surface area (Å²) in [6, 6.07) is 6.50. The molecule has 3 nitrogen and oxygen atoms in total. The van der Waals surface area contributed by atoms with Crippen molar-refractivity contribution in [1.29, 1.82) is 0 Å². The second kappa shape index (κ2) is 7.50. The maximum atomic E-state index is 12.7. The number of amides is 1. The van der Waals surface area contributed by atoms with Gasteiger partial charge in [0.05, 0.1) is 5.92 Å². The molecule has 0 aromatic heterocycles. The molecule has 1 amide bonds. The lowest BCUT2D eigenvalue weighted by Gasteiger charge is -2.09. The van der Waals surface area contributed by atoms with Gasteiger partial charge in [0.15, 0.2) is 0 Å². The molecule has 104 valence electrons.